The van der Waals surface area contributed by atoms with Crippen LogP contribution in [-0.2, 0) is 11.3 Å². The molecule has 0 aliphatic carbocycles. The molecule has 0 fully saturated rings. The van der Waals surface area contributed by atoms with Crippen molar-refractivity contribution in [3.05, 3.63) is 46.9 Å². The molecule has 0 amide bonds. The highest BCUT2D eigenvalue weighted by atomic mass is 35.5. The molecule has 5 heteroatoms. The van der Waals surface area contributed by atoms with Crippen LogP contribution in [0.4, 0.5) is 11.5 Å². The third-order valence-electron chi connectivity index (χ3n) is 2.52. The molecular formula is C13H14ClN3O. The number of rotatable bonds is 4. The standard InChI is InChI=1S/C13H14ClN3O/c1-9-12(14)15-8-16-13(9)17-11-5-3-4-10(6-11)7-18-2/h3-6,8H,7H2,1-2H3,(H,15,16,17). The van der Waals surface area contributed by atoms with Crippen LogP contribution in [0.15, 0.2) is 30.6 Å². The smallest absolute Gasteiger partial charge is 0.138 e. The van der Waals surface area contributed by atoms with Crippen LogP contribution in [-0.4, -0.2) is 17.1 Å². The molecule has 2 aromatic rings. The molecule has 0 aliphatic heterocycles. The molecule has 0 aliphatic rings. The Bertz CT molecular complexity index is 546. The average Bonchev–Trinajstić information content (AvgIpc) is 2.36. The molecule has 4 nitrogen and oxygen atoms in total. The van der Waals surface area contributed by atoms with E-state index in [-0.39, 0.29) is 0 Å². The average molecular weight is 264 g/mol. The summed E-state index contributed by atoms with van der Waals surface area (Å²) in [6, 6.07) is 7.96. The Labute approximate surface area is 111 Å². The van der Waals surface area contributed by atoms with Gasteiger partial charge in [-0.15, -0.1) is 0 Å². The van der Waals surface area contributed by atoms with Crippen LogP contribution in [0, 0.1) is 6.92 Å². The topological polar surface area (TPSA) is 47.0 Å². The van der Waals surface area contributed by atoms with E-state index in [0.717, 1.165) is 16.8 Å². The Kier molecular flexibility index (Phi) is 4.12. The van der Waals surface area contributed by atoms with E-state index in [1.165, 1.54) is 6.33 Å². The summed E-state index contributed by atoms with van der Waals surface area (Å²) in [7, 11) is 1.68. The van der Waals surface area contributed by atoms with Gasteiger partial charge in [0, 0.05) is 18.4 Å². The summed E-state index contributed by atoms with van der Waals surface area (Å²) in [5, 5.41) is 3.68. The zero-order valence-electron chi connectivity index (χ0n) is 10.3. The Balaban J connectivity index is 2.23. The molecule has 0 radical (unpaired) electrons. The lowest BCUT2D eigenvalue weighted by atomic mass is 10.2. The van der Waals surface area contributed by atoms with Crippen LogP contribution in [0.25, 0.3) is 0 Å². The molecule has 0 saturated carbocycles. The predicted octanol–water partition coefficient (Wildman–Crippen LogP) is 3.33. The SMILES string of the molecule is COCc1cccc(Nc2ncnc(Cl)c2C)c1. The third-order valence-corrected chi connectivity index (χ3v) is 2.90. The van der Waals surface area contributed by atoms with Gasteiger partial charge in [-0.05, 0) is 24.6 Å². The summed E-state index contributed by atoms with van der Waals surface area (Å²) in [4.78, 5) is 8.09. The maximum atomic E-state index is 5.95. The minimum Gasteiger partial charge on any atom is -0.380 e. The Hall–Kier alpha value is -1.65. The first-order valence-electron chi connectivity index (χ1n) is 5.52. The maximum absolute atomic E-state index is 5.95. The fourth-order valence-corrected chi connectivity index (χ4v) is 1.73. The van der Waals surface area contributed by atoms with E-state index in [0.29, 0.717) is 17.6 Å². The van der Waals surface area contributed by atoms with Gasteiger partial charge < -0.3 is 10.1 Å². The monoisotopic (exact) mass is 263 g/mol. The molecule has 2 rings (SSSR count). The zero-order chi connectivity index (χ0) is 13.0. The van der Waals surface area contributed by atoms with Gasteiger partial charge in [-0.1, -0.05) is 23.7 Å². The van der Waals surface area contributed by atoms with Gasteiger partial charge in [-0.3, -0.25) is 0 Å². The molecule has 1 aromatic heterocycles. The summed E-state index contributed by atoms with van der Waals surface area (Å²) in [6.07, 6.45) is 1.44. The predicted molar refractivity (Wildman–Crippen MR) is 72.2 cm³/mol. The van der Waals surface area contributed by atoms with Crippen LogP contribution in [0.2, 0.25) is 5.15 Å². The summed E-state index contributed by atoms with van der Waals surface area (Å²) >= 11 is 5.95. The zero-order valence-corrected chi connectivity index (χ0v) is 11.0. The van der Waals surface area contributed by atoms with Gasteiger partial charge >= 0.3 is 0 Å². The minimum atomic E-state index is 0.459. The largest absolute Gasteiger partial charge is 0.380 e. The minimum absolute atomic E-state index is 0.459. The van der Waals surface area contributed by atoms with E-state index in [9.17, 15) is 0 Å². The number of hydrogen-bond acceptors (Lipinski definition) is 4. The molecule has 18 heavy (non-hydrogen) atoms. The molecule has 94 valence electrons. The number of nitrogens with one attached hydrogen (secondary N) is 1. The summed E-state index contributed by atoms with van der Waals surface area (Å²) in [6.45, 7) is 2.46. The highest BCUT2D eigenvalue weighted by Gasteiger charge is 2.05. The maximum Gasteiger partial charge on any atom is 0.138 e. The van der Waals surface area contributed by atoms with Crippen molar-refractivity contribution in [3.8, 4) is 0 Å². The van der Waals surface area contributed by atoms with Crippen molar-refractivity contribution >= 4 is 23.1 Å². The van der Waals surface area contributed by atoms with Crippen LogP contribution >= 0.6 is 11.6 Å². The second kappa shape index (κ2) is 5.80. The summed E-state index contributed by atoms with van der Waals surface area (Å²) < 4.78 is 5.10. The van der Waals surface area contributed by atoms with E-state index in [2.05, 4.69) is 15.3 Å². The highest BCUT2D eigenvalue weighted by Crippen LogP contribution is 2.22. The lowest BCUT2D eigenvalue weighted by Gasteiger charge is -2.10. The molecule has 0 unspecified atom stereocenters. The highest BCUT2D eigenvalue weighted by molar-refractivity contribution is 6.30. The number of methoxy groups -OCH3 is 1. The molecule has 0 bridgehead atoms. The lowest BCUT2D eigenvalue weighted by molar-refractivity contribution is 0.185. The first kappa shape index (κ1) is 12.8. The van der Waals surface area contributed by atoms with Gasteiger partial charge in [0.1, 0.15) is 17.3 Å². The van der Waals surface area contributed by atoms with Crippen molar-refractivity contribution < 1.29 is 4.74 Å². The van der Waals surface area contributed by atoms with Gasteiger partial charge in [0.2, 0.25) is 0 Å². The van der Waals surface area contributed by atoms with Crippen LogP contribution in [0.3, 0.4) is 0 Å². The van der Waals surface area contributed by atoms with Crippen molar-refractivity contribution in [3.63, 3.8) is 0 Å². The molecule has 1 aromatic carbocycles. The Morgan fingerprint density at radius 2 is 2.17 bits per heavy atom. The molecule has 1 N–H and O–H groups in total. The van der Waals surface area contributed by atoms with Crippen LogP contribution in [0.1, 0.15) is 11.1 Å². The van der Waals surface area contributed by atoms with E-state index >= 15 is 0 Å². The van der Waals surface area contributed by atoms with Crippen molar-refractivity contribution in [1.82, 2.24) is 9.97 Å². The van der Waals surface area contributed by atoms with Crippen molar-refractivity contribution in [1.29, 1.82) is 0 Å². The van der Waals surface area contributed by atoms with Gasteiger partial charge in [-0.25, -0.2) is 9.97 Å². The normalized spacial score (nSPS) is 10.4. The number of benzene rings is 1. The van der Waals surface area contributed by atoms with Crippen molar-refractivity contribution in [2.45, 2.75) is 13.5 Å². The Morgan fingerprint density at radius 1 is 1.33 bits per heavy atom. The molecule has 0 spiro atoms. The van der Waals surface area contributed by atoms with Crippen molar-refractivity contribution in [2.75, 3.05) is 12.4 Å². The third kappa shape index (κ3) is 2.97. The summed E-state index contributed by atoms with van der Waals surface area (Å²) in [5.74, 6) is 0.713. The van der Waals surface area contributed by atoms with Gasteiger partial charge in [0.25, 0.3) is 0 Å². The van der Waals surface area contributed by atoms with E-state index in [1.54, 1.807) is 7.11 Å². The summed E-state index contributed by atoms with van der Waals surface area (Å²) in [5.41, 5.74) is 2.87. The number of anilines is 2. The first-order valence-corrected chi connectivity index (χ1v) is 5.90. The van der Waals surface area contributed by atoms with Gasteiger partial charge in [-0.2, -0.15) is 0 Å². The fourth-order valence-electron chi connectivity index (χ4n) is 1.60. The number of halogens is 1. The second-order valence-electron chi connectivity index (χ2n) is 3.90. The van der Waals surface area contributed by atoms with E-state index < -0.39 is 0 Å². The second-order valence-corrected chi connectivity index (χ2v) is 4.25. The number of nitrogens with zero attached hydrogens (tertiary/aromatic N) is 2. The van der Waals surface area contributed by atoms with Gasteiger partial charge in [0.15, 0.2) is 0 Å². The quantitative estimate of drug-likeness (QED) is 0.860. The molecular weight excluding hydrogens is 250 g/mol. The van der Waals surface area contributed by atoms with Crippen LogP contribution < -0.4 is 5.32 Å². The number of aromatic nitrogens is 2. The van der Waals surface area contributed by atoms with E-state index in [4.69, 9.17) is 16.3 Å². The molecule has 1 heterocycles. The first-order chi connectivity index (χ1) is 8.70. The lowest BCUT2D eigenvalue weighted by Crippen LogP contribution is -1.99. The number of ether oxygens (including phenoxy) is 1. The van der Waals surface area contributed by atoms with Crippen LogP contribution in [0.5, 0.6) is 0 Å². The van der Waals surface area contributed by atoms with E-state index in [1.807, 2.05) is 31.2 Å². The number of hydrogen-bond donors (Lipinski definition) is 1. The molecule has 0 atom stereocenters. The van der Waals surface area contributed by atoms with Gasteiger partial charge in [0.05, 0.1) is 6.61 Å². The Morgan fingerprint density at radius 3 is 2.94 bits per heavy atom. The fraction of sp³-hybridized carbons (Fsp3) is 0.231. The van der Waals surface area contributed by atoms with Crippen molar-refractivity contribution in [2.24, 2.45) is 0 Å². The molecule has 0 saturated heterocycles.